The number of nitrogens with one attached hydrogen (secondary N) is 1. The van der Waals surface area contributed by atoms with Gasteiger partial charge in [0.25, 0.3) is 0 Å². The van der Waals surface area contributed by atoms with Crippen molar-refractivity contribution in [3.8, 4) is 16.9 Å². The zero-order valence-electron chi connectivity index (χ0n) is 15.5. The average molecular weight is 376 g/mol. The number of ether oxygens (including phenoxy) is 1. The molecule has 2 heterocycles. The first-order chi connectivity index (χ1) is 13.6. The number of halogens is 1. The van der Waals surface area contributed by atoms with Gasteiger partial charge in [-0.3, -0.25) is 10.1 Å². The van der Waals surface area contributed by atoms with Crippen LogP contribution in [0.4, 0.5) is 4.39 Å². The van der Waals surface area contributed by atoms with Gasteiger partial charge in [-0.1, -0.05) is 18.2 Å². The molecular weight excluding hydrogens is 355 g/mol. The minimum Gasteiger partial charge on any atom is -0.490 e. The number of benzene rings is 2. The molecule has 0 unspecified atom stereocenters. The van der Waals surface area contributed by atoms with Gasteiger partial charge in [0, 0.05) is 23.2 Å². The van der Waals surface area contributed by atoms with Crippen molar-refractivity contribution in [1.82, 2.24) is 15.2 Å². The molecule has 0 saturated carbocycles. The molecular formula is C22H21FN4O. The lowest BCUT2D eigenvalue weighted by atomic mass is 10.0. The molecule has 0 amide bonds. The second-order valence-electron chi connectivity index (χ2n) is 6.88. The van der Waals surface area contributed by atoms with Crippen molar-refractivity contribution >= 4 is 10.9 Å². The van der Waals surface area contributed by atoms with Crippen LogP contribution in [0.5, 0.6) is 5.75 Å². The van der Waals surface area contributed by atoms with Gasteiger partial charge in [0.15, 0.2) is 0 Å². The maximum Gasteiger partial charge on any atom is 0.138 e. The van der Waals surface area contributed by atoms with Gasteiger partial charge in [-0.25, -0.2) is 4.39 Å². The van der Waals surface area contributed by atoms with E-state index in [2.05, 4.69) is 21.2 Å². The first-order valence-electron chi connectivity index (χ1n) is 9.11. The summed E-state index contributed by atoms with van der Waals surface area (Å²) in [5, 5.41) is 8.33. The molecule has 0 aliphatic heterocycles. The minimum absolute atomic E-state index is 0.195. The molecule has 142 valence electrons. The summed E-state index contributed by atoms with van der Waals surface area (Å²) >= 11 is 0. The molecule has 28 heavy (non-hydrogen) atoms. The fraction of sp³-hybridized carbons (Fsp3) is 0.182. The first-order valence-corrected chi connectivity index (χ1v) is 9.11. The summed E-state index contributed by atoms with van der Waals surface area (Å²) in [5.74, 6) is 0.413. The Labute approximate surface area is 162 Å². The predicted molar refractivity (Wildman–Crippen MR) is 108 cm³/mol. The number of nitrogens with two attached hydrogens (primary N) is 1. The molecule has 2 aromatic carbocycles. The van der Waals surface area contributed by atoms with Crippen molar-refractivity contribution in [3.05, 3.63) is 78.0 Å². The van der Waals surface area contributed by atoms with Crippen molar-refractivity contribution in [2.45, 2.75) is 19.4 Å². The lowest BCUT2D eigenvalue weighted by Crippen LogP contribution is -2.30. The molecule has 0 fully saturated rings. The summed E-state index contributed by atoms with van der Waals surface area (Å²) in [6.07, 6.45) is 4.10. The van der Waals surface area contributed by atoms with Crippen LogP contribution in [0.2, 0.25) is 0 Å². The van der Waals surface area contributed by atoms with Crippen LogP contribution in [0.1, 0.15) is 11.3 Å². The van der Waals surface area contributed by atoms with Crippen LogP contribution >= 0.6 is 0 Å². The lowest BCUT2D eigenvalue weighted by molar-refractivity contribution is 0.286. The fourth-order valence-electron chi connectivity index (χ4n) is 3.17. The van der Waals surface area contributed by atoms with E-state index in [-0.39, 0.29) is 11.9 Å². The van der Waals surface area contributed by atoms with Crippen LogP contribution in [0, 0.1) is 12.7 Å². The third-order valence-corrected chi connectivity index (χ3v) is 4.68. The maximum absolute atomic E-state index is 13.0. The highest BCUT2D eigenvalue weighted by molar-refractivity contribution is 5.86. The number of H-pyrrole nitrogens is 1. The first kappa shape index (κ1) is 18.1. The van der Waals surface area contributed by atoms with Crippen LogP contribution in [0.3, 0.4) is 0 Å². The van der Waals surface area contributed by atoms with E-state index in [1.807, 2.05) is 31.3 Å². The normalized spacial score (nSPS) is 12.2. The third-order valence-electron chi connectivity index (χ3n) is 4.68. The van der Waals surface area contributed by atoms with E-state index in [9.17, 15) is 4.39 Å². The van der Waals surface area contributed by atoms with Crippen LogP contribution in [-0.2, 0) is 6.42 Å². The Morgan fingerprint density at radius 1 is 1.07 bits per heavy atom. The molecule has 0 spiro atoms. The van der Waals surface area contributed by atoms with Gasteiger partial charge >= 0.3 is 0 Å². The summed E-state index contributed by atoms with van der Waals surface area (Å²) in [4.78, 5) is 4.29. The van der Waals surface area contributed by atoms with Gasteiger partial charge in [-0.2, -0.15) is 5.10 Å². The summed E-state index contributed by atoms with van der Waals surface area (Å²) in [6, 6.07) is 14.3. The lowest BCUT2D eigenvalue weighted by Gasteiger charge is -2.14. The quantitative estimate of drug-likeness (QED) is 0.533. The Balaban J connectivity index is 1.44. The fourth-order valence-corrected chi connectivity index (χ4v) is 3.17. The minimum atomic E-state index is -0.250. The molecule has 4 rings (SSSR count). The highest BCUT2D eigenvalue weighted by Crippen LogP contribution is 2.27. The van der Waals surface area contributed by atoms with E-state index in [1.54, 1.807) is 18.3 Å². The van der Waals surface area contributed by atoms with E-state index in [1.165, 1.54) is 12.1 Å². The van der Waals surface area contributed by atoms with Crippen molar-refractivity contribution in [1.29, 1.82) is 0 Å². The number of rotatable bonds is 6. The van der Waals surface area contributed by atoms with Crippen molar-refractivity contribution < 1.29 is 9.13 Å². The van der Waals surface area contributed by atoms with Crippen LogP contribution < -0.4 is 10.5 Å². The van der Waals surface area contributed by atoms with Gasteiger partial charge in [0.05, 0.1) is 17.4 Å². The van der Waals surface area contributed by atoms with Crippen LogP contribution in [0.25, 0.3) is 22.0 Å². The van der Waals surface area contributed by atoms with Crippen molar-refractivity contribution in [3.63, 3.8) is 0 Å². The Bertz CT molecular complexity index is 1090. The summed E-state index contributed by atoms with van der Waals surface area (Å²) in [7, 11) is 0. The molecule has 5 nitrogen and oxygen atoms in total. The largest absolute Gasteiger partial charge is 0.490 e. The Morgan fingerprint density at radius 2 is 1.89 bits per heavy atom. The molecule has 1 atom stereocenters. The molecule has 4 aromatic rings. The molecule has 0 radical (unpaired) electrons. The Kier molecular flexibility index (Phi) is 5.04. The van der Waals surface area contributed by atoms with E-state index < -0.39 is 0 Å². The van der Waals surface area contributed by atoms with E-state index in [4.69, 9.17) is 10.5 Å². The second kappa shape index (κ2) is 7.78. The van der Waals surface area contributed by atoms with Gasteiger partial charge in [0.1, 0.15) is 18.2 Å². The number of nitrogens with zero attached hydrogens (tertiary/aromatic N) is 2. The summed E-state index contributed by atoms with van der Waals surface area (Å²) in [6.45, 7) is 2.32. The maximum atomic E-state index is 13.0. The number of hydrogen-bond donors (Lipinski definition) is 2. The number of aryl methyl sites for hydroxylation is 1. The Morgan fingerprint density at radius 3 is 2.71 bits per heavy atom. The third kappa shape index (κ3) is 4.02. The molecule has 3 N–H and O–H groups in total. The Hall–Kier alpha value is -3.25. The van der Waals surface area contributed by atoms with Gasteiger partial charge in [-0.05, 0) is 54.8 Å². The van der Waals surface area contributed by atoms with Gasteiger partial charge < -0.3 is 10.5 Å². The van der Waals surface area contributed by atoms with E-state index in [0.29, 0.717) is 18.8 Å². The number of aromatic amines is 1. The molecule has 0 saturated heterocycles. The predicted octanol–water partition coefficient (Wildman–Crippen LogP) is 4.02. The highest BCUT2D eigenvalue weighted by Gasteiger charge is 2.08. The molecule has 0 aliphatic carbocycles. The van der Waals surface area contributed by atoms with Gasteiger partial charge in [-0.15, -0.1) is 0 Å². The second-order valence-corrected chi connectivity index (χ2v) is 6.88. The smallest absolute Gasteiger partial charge is 0.138 e. The zero-order valence-corrected chi connectivity index (χ0v) is 15.5. The summed E-state index contributed by atoms with van der Waals surface area (Å²) < 4.78 is 18.8. The highest BCUT2D eigenvalue weighted by atomic mass is 19.1. The van der Waals surface area contributed by atoms with Crippen molar-refractivity contribution in [2.24, 2.45) is 5.73 Å². The molecule has 6 heteroatoms. The standard InChI is InChI=1S/C22H21FN4O/c1-14-21-10-16(4-7-22(21)27-26-14)17-9-20(12-25-11-17)28-13-19(24)8-15-2-5-18(23)6-3-15/h2-7,9-12,19H,8,13,24H2,1H3,(H,26,27)/t19-/m0/s1. The number of hydrogen-bond acceptors (Lipinski definition) is 4. The van der Waals surface area contributed by atoms with E-state index in [0.717, 1.165) is 33.3 Å². The number of fused-ring (bicyclic) bond motifs is 1. The number of aromatic nitrogens is 3. The topological polar surface area (TPSA) is 76.8 Å². The summed E-state index contributed by atoms with van der Waals surface area (Å²) in [5.41, 5.74) is 11.1. The zero-order chi connectivity index (χ0) is 19.5. The van der Waals surface area contributed by atoms with Crippen LogP contribution in [-0.4, -0.2) is 27.8 Å². The molecule has 2 aromatic heterocycles. The average Bonchev–Trinajstić information content (AvgIpc) is 3.09. The van der Waals surface area contributed by atoms with Gasteiger partial charge in [0.2, 0.25) is 0 Å². The van der Waals surface area contributed by atoms with E-state index >= 15 is 0 Å². The number of pyridine rings is 1. The SMILES string of the molecule is Cc1n[nH]c2ccc(-c3cncc(OC[C@@H](N)Cc4ccc(F)cc4)c3)cc12. The monoisotopic (exact) mass is 376 g/mol. The van der Waals surface area contributed by atoms with Crippen molar-refractivity contribution in [2.75, 3.05) is 6.61 Å². The van der Waals surface area contributed by atoms with Crippen LogP contribution in [0.15, 0.2) is 60.9 Å². The molecule has 0 bridgehead atoms. The molecule has 0 aliphatic rings.